The highest BCUT2D eigenvalue weighted by molar-refractivity contribution is 7.89. The number of hydrogen-bond acceptors (Lipinski definition) is 4. The molecule has 3 aromatic rings. The number of carbonyl (C=O) groups excluding carboxylic acids is 1. The van der Waals surface area contributed by atoms with Gasteiger partial charge in [-0.1, -0.05) is 41.9 Å². The molecule has 0 spiro atoms. The first-order chi connectivity index (χ1) is 16.5. The van der Waals surface area contributed by atoms with Gasteiger partial charge < -0.3 is 10.1 Å². The minimum absolute atomic E-state index is 0.00268. The van der Waals surface area contributed by atoms with E-state index in [1.54, 1.807) is 37.3 Å². The number of alkyl halides is 3. The van der Waals surface area contributed by atoms with Crippen molar-refractivity contribution in [3.8, 4) is 5.75 Å². The second-order valence-corrected chi connectivity index (χ2v) is 9.57. The van der Waals surface area contributed by atoms with Crippen LogP contribution in [0.15, 0.2) is 77.7 Å². The van der Waals surface area contributed by atoms with E-state index in [-0.39, 0.29) is 22.0 Å². The number of carbonyl (C=O) groups is 1. The molecule has 0 bridgehead atoms. The van der Waals surface area contributed by atoms with E-state index in [1.165, 1.54) is 18.2 Å². The first kappa shape index (κ1) is 26.5. The lowest BCUT2D eigenvalue weighted by Gasteiger charge is -2.19. The van der Waals surface area contributed by atoms with Crippen molar-refractivity contribution in [2.24, 2.45) is 0 Å². The number of hydrogen-bond donors (Lipinski definition) is 2. The summed E-state index contributed by atoms with van der Waals surface area (Å²) in [6, 6.07) is 15.2. The molecule has 0 aliphatic carbocycles. The molecule has 0 unspecified atom stereocenters. The third-order valence-corrected chi connectivity index (χ3v) is 6.65. The average molecular weight is 527 g/mol. The zero-order valence-corrected chi connectivity index (χ0v) is 20.0. The van der Waals surface area contributed by atoms with Crippen LogP contribution < -0.4 is 14.8 Å². The molecule has 11 heteroatoms. The third kappa shape index (κ3) is 7.20. The van der Waals surface area contributed by atoms with Crippen LogP contribution in [0.5, 0.6) is 5.75 Å². The smallest absolute Gasteiger partial charge is 0.416 e. The largest absolute Gasteiger partial charge is 0.492 e. The van der Waals surface area contributed by atoms with Crippen LogP contribution in [0.2, 0.25) is 5.02 Å². The van der Waals surface area contributed by atoms with Gasteiger partial charge in [0.2, 0.25) is 15.9 Å². The molecule has 0 aromatic heterocycles. The molecule has 3 aromatic carbocycles. The summed E-state index contributed by atoms with van der Waals surface area (Å²) in [5.74, 6) is -0.428. The van der Waals surface area contributed by atoms with Gasteiger partial charge in [0, 0.05) is 5.69 Å². The first-order valence-corrected chi connectivity index (χ1v) is 12.3. The third-order valence-electron chi connectivity index (χ3n) is 4.89. The zero-order chi connectivity index (χ0) is 25.6. The van der Waals surface area contributed by atoms with E-state index in [0.29, 0.717) is 17.9 Å². The zero-order valence-electron chi connectivity index (χ0n) is 18.5. The highest BCUT2D eigenvalue weighted by Crippen LogP contribution is 2.30. The van der Waals surface area contributed by atoms with Crippen molar-refractivity contribution < 1.29 is 31.1 Å². The number of nitrogens with one attached hydrogen (secondary N) is 2. The highest BCUT2D eigenvalue weighted by atomic mass is 35.5. The molecule has 3 rings (SSSR count). The van der Waals surface area contributed by atoms with Crippen molar-refractivity contribution in [1.82, 2.24) is 4.72 Å². The Kier molecular flexibility index (Phi) is 8.42. The molecule has 1 atom stereocenters. The van der Waals surface area contributed by atoms with Crippen LogP contribution in [-0.4, -0.2) is 27.0 Å². The Hall–Kier alpha value is -3.08. The maximum Gasteiger partial charge on any atom is 0.416 e. The van der Waals surface area contributed by atoms with Crippen LogP contribution in [-0.2, 0) is 27.4 Å². The minimum atomic E-state index is -4.52. The quantitative estimate of drug-likeness (QED) is 0.397. The van der Waals surface area contributed by atoms with Gasteiger partial charge in [0.25, 0.3) is 0 Å². The Morgan fingerprint density at radius 3 is 2.26 bits per heavy atom. The summed E-state index contributed by atoms with van der Waals surface area (Å²) < 4.78 is 72.2. The molecule has 1 amide bonds. The van der Waals surface area contributed by atoms with E-state index in [9.17, 15) is 26.4 Å². The maximum absolute atomic E-state index is 13.1. The lowest BCUT2D eigenvalue weighted by Crippen LogP contribution is -2.45. The molecule has 0 saturated heterocycles. The molecule has 0 aliphatic heterocycles. The van der Waals surface area contributed by atoms with Crippen molar-refractivity contribution >= 4 is 33.2 Å². The Morgan fingerprint density at radius 2 is 1.69 bits per heavy atom. The molecule has 0 saturated carbocycles. The van der Waals surface area contributed by atoms with E-state index in [2.05, 4.69) is 10.0 Å². The van der Waals surface area contributed by atoms with Crippen LogP contribution in [0.4, 0.5) is 18.9 Å². The number of sulfonamides is 1. The predicted octanol–water partition coefficient (Wildman–Crippen LogP) is 5.29. The van der Waals surface area contributed by atoms with Crippen molar-refractivity contribution in [1.29, 1.82) is 0 Å². The summed E-state index contributed by atoms with van der Waals surface area (Å²) in [6.07, 6.45) is -4.52. The van der Waals surface area contributed by atoms with Gasteiger partial charge in [-0.3, -0.25) is 4.79 Å². The molecular formula is C24H22ClF3N2O4S. The number of amides is 1. The predicted molar refractivity (Wildman–Crippen MR) is 127 cm³/mol. The van der Waals surface area contributed by atoms with E-state index < -0.39 is 33.7 Å². The number of halogens is 4. The topological polar surface area (TPSA) is 84.5 Å². The van der Waals surface area contributed by atoms with Crippen molar-refractivity contribution in [2.45, 2.75) is 30.5 Å². The first-order valence-electron chi connectivity index (χ1n) is 10.5. The van der Waals surface area contributed by atoms with Gasteiger partial charge in [0.05, 0.1) is 22.1 Å². The monoisotopic (exact) mass is 526 g/mol. The molecule has 2 N–H and O–H groups in total. The van der Waals surface area contributed by atoms with Crippen molar-refractivity contribution in [2.75, 3.05) is 11.9 Å². The fourth-order valence-corrected chi connectivity index (χ4v) is 4.71. The van der Waals surface area contributed by atoms with Gasteiger partial charge >= 0.3 is 6.18 Å². The SMILES string of the molecule is CCOc1ccc(S(=O)(=O)N[C@@H](Cc2ccccc2)C(=O)Nc2ccc(C(F)(F)F)cc2)cc1Cl. The fourth-order valence-electron chi connectivity index (χ4n) is 3.19. The summed E-state index contributed by atoms with van der Waals surface area (Å²) in [7, 11) is -4.20. The average Bonchev–Trinajstić information content (AvgIpc) is 2.80. The molecule has 186 valence electrons. The van der Waals surface area contributed by atoms with Crippen LogP contribution in [0.1, 0.15) is 18.1 Å². The molecule has 0 aliphatic rings. The van der Waals surface area contributed by atoms with E-state index in [1.807, 2.05) is 0 Å². The van der Waals surface area contributed by atoms with E-state index in [0.717, 1.165) is 24.3 Å². The minimum Gasteiger partial charge on any atom is -0.492 e. The van der Waals surface area contributed by atoms with Gasteiger partial charge in [-0.25, -0.2) is 8.42 Å². The van der Waals surface area contributed by atoms with Gasteiger partial charge in [-0.2, -0.15) is 17.9 Å². The standard InChI is InChI=1S/C24H22ClF3N2O4S/c1-2-34-22-13-12-19(15-20(22)25)35(32,33)30-21(14-16-6-4-3-5-7-16)23(31)29-18-10-8-17(9-11-18)24(26,27)28/h3-13,15,21,30H,2,14H2,1H3,(H,29,31)/t21-/m0/s1. The van der Waals surface area contributed by atoms with Gasteiger partial charge in [-0.15, -0.1) is 0 Å². The lowest BCUT2D eigenvalue weighted by atomic mass is 10.1. The van der Waals surface area contributed by atoms with Gasteiger partial charge in [-0.05, 0) is 61.4 Å². The summed E-state index contributed by atoms with van der Waals surface area (Å²) in [6.45, 7) is 2.10. The van der Waals surface area contributed by atoms with E-state index >= 15 is 0 Å². The highest BCUT2D eigenvalue weighted by Gasteiger charge is 2.30. The fraction of sp³-hybridized carbons (Fsp3) is 0.208. The van der Waals surface area contributed by atoms with E-state index in [4.69, 9.17) is 16.3 Å². The summed E-state index contributed by atoms with van der Waals surface area (Å²) in [5.41, 5.74) is -0.110. The Balaban J connectivity index is 1.85. The lowest BCUT2D eigenvalue weighted by molar-refractivity contribution is -0.137. The molecule has 35 heavy (non-hydrogen) atoms. The molecular weight excluding hydrogens is 505 g/mol. The summed E-state index contributed by atoms with van der Waals surface area (Å²) in [5, 5.41) is 2.56. The Morgan fingerprint density at radius 1 is 1.03 bits per heavy atom. The normalized spacial score (nSPS) is 12.7. The van der Waals surface area contributed by atoms with Crippen molar-refractivity contribution in [3.05, 3.63) is 88.9 Å². The summed E-state index contributed by atoms with van der Waals surface area (Å²) >= 11 is 6.12. The Bertz CT molecular complexity index is 1270. The second kappa shape index (κ2) is 11.1. The van der Waals surface area contributed by atoms with Crippen LogP contribution in [0.25, 0.3) is 0 Å². The van der Waals surface area contributed by atoms with Crippen LogP contribution in [0.3, 0.4) is 0 Å². The molecule has 0 radical (unpaired) electrons. The van der Waals surface area contributed by atoms with Crippen molar-refractivity contribution in [3.63, 3.8) is 0 Å². The molecule has 0 fully saturated rings. The maximum atomic E-state index is 13.1. The second-order valence-electron chi connectivity index (χ2n) is 7.45. The summed E-state index contributed by atoms with van der Waals surface area (Å²) in [4.78, 5) is 12.8. The van der Waals surface area contributed by atoms with Crippen LogP contribution in [0, 0.1) is 0 Å². The van der Waals surface area contributed by atoms with Gasteiger partial charge in [0.15, 0.2) is 0 Å². The van der Waals surface area contributed by atoms with Crippen LogP contribution >= 0.6 is 11.6 Å². The molecule has 6 nitrogen and oxygen atoms in total. The number of anilines is 1. The Labute approximate surface area is 206 Å². The molecule has 0 heterocycles. The number of ether oxygens (including phenoxy) is 1. The van der Waals surface area contributed by atoms with Gasteiger partial charge in [0.1, 0.15) is 11.8 Å². The number of rotatable bonds is 9. The number of benzene rings is 3.